The highest BCUT2D eigenvalue weighted by Gasteiger charge is 2.14. The van der Waals surface area contributed by atoms with Crippen LogP contribution in [0.3, 0.4) is 0 Å². The monoisotopic (exact) mass is 370 g/mol. The standard InChI is InChI=1S/C17H22N2O5.ClH/c1-21-12-7-15(22-2)14(16(8-12)23-3)4-5-19-17(20)11-6-13(9-18)24-10-11;/h6-8,10H,4-5,9,18H2,1-3H3,(H,19,20);1H. The Morgan fingerprint density at radius 2 is 1.76 bits per heavy atom. The average Bonchev–Trinajstić information content (AvgIpc) is 3.10. The third-order valence-electron chi connectivity index (χ3n) is 3.59. The molecule has 2 aromatic rings. The van der Waals surface area contributed by atoms with E-state index < -0.39 is 0 Å². The van der Waals surface area contributed by atoms with E-state index in [0.29, 0.717) is 41.5 Å². The van der Waals surface area contributed by atoms with Gasteiger partial charge in [-0.25, -0.2) is 0 Å². The third-order valence-corrected chi connectivity index (χ3v) is 3.59. The minimum absolute atomic E-state index is 0. The Morgan fingerprint density at radius 1 is 1.12 bits per heavy atom. The lowest BCUT2D eigenvalue weighted by Gasteiger charge is -2.15. The Labute approximate surface area is 152 Å². The van der Waals surface area contributed by atoms with Crippen molar-refractivity contribution in [2.45, 2.75) is 13.0 Å². The minimum Gasteiger partial charge on any atom is -0.496 e. The van der Waals surface area contributed by atoms with E-state index >= 15 is 0 Å². The summed E-state index contributed by atoms with van der Waals surface area (Å²) >= 11 is 0. The molecule has 0 atom stereocenters. The maximum atomic E-state index is 12.1. The average molecular weight is 371 g/mol. The van der Waals surface area contributed by atoms with E-state index in [1.807, 2.05) is 0 Å². The second kappa shape index (κ2) is 9.80. The molecule has 0 saturated heterocycles. The quantitative estimate of drug-likeness (QED) is 0.739. The molecular weight excluding hydrogens is 348 g/mol. The smallest absolute Gasteiger partial charge is 0.254 e. The number of hydrogen-bond acceptors (Lipinski definition) is 6. The van der Waals surface area contributed by atoms with Gasteiger partial charge in [0, 0.05) is 24.2 Å². The summed E-state index contributed by atoms with van der Waals surface area (Å²) in [5.41, 5.74) is 6.77. The predicted molar refractivity (Wildman–Crippen MR) is 96.0 cm³/mol. The maximum Gasteiger partial charge on any atom is 0.254 e. The number of ether oxygens (including phenoxy) is 3. The zero-order valence-corrected chi connectivity index (χ0v) is 15.3. The molecule has 1 aromatic heterocycles. The number of nitrogens with one attached hydrogen (secondary N) is 1. The number of nitrogens with two attached hydrogens (primary N) is 1. The van der Waals surface area contributed by atoms with E-state index in [2.05, 4.69) is 5.32 Å². The van der Waals surface area contributed by atoms with Crippen LogP contribution in [0.4, 0.5) is 0 Å². The number of carbonyl (C=O) groups is 1. The van der Waals surface area contributed by atoms with Gasteiger partial charge in [0.15, 0.2) is 0 Å². The van der Waals surface area contributed by atoms with Gasteiger partial charge in [-0.05, 0) is 12.5 Å². The van der Waals surface area contributed by atoms with Crippen molar-refractivity contribution in [1.29, 1.82) is 0 Å². The Morgan fingerprint density at radius 3 is 2.24 bits per heavy atom. The zero-order valence-electron chi connectivity index (χ0n) is 14.5. The molecule has 7 nitrogen and oxygen atoms in total. The van der Waals surface area contributed by atoms with Crippen LogP contribution >= 0.6 is 12.4 Å². The molecule has 0 saturated carbocycles. The van der Waals surface area contributed by atoms with Crippen LogP contribution in [0, 0.1) is 0 Å². The Kier molecular flexibility index (Phi) is 8.10. The van der Waals surface area contributed by atoms with Gasteiger partial charge in [-0.1, -0.05) is 0 Å². The molecule has 0 unspecified atom stereocenters. The number of furan rings is 1. The molecular formula is C17H23ClN2O5. The fraction of sp³-hybridized carbons (Fsp3) is 0.353. The van der Waals surface area contributed by atoms with Crippen LogP contribution in [-0.4, -0.2) is 33.8 Å². The van der Waals surface area contributed by atoms with E-state index in [1.165, 1.54) is 6.26 Å². The summed E-state index contributed by atoms with van der Waals surface area (Å²) < 4.78 is 21.2. The maximum absolute atomic E-state index is 12.1. The second-order valence-electron chi connectivity index (χ2n) is 5.02. The molecule has 0 radical (unpaired) electrons. The number of hydrogen-bond donors (Lipinski definition) is 2. The van der Waals surface area contributed by atoms with Crippen molar-refractivity contribution in [1.82, 2.24) is 5.32 Å². The Hall–Kier alpha value is -2.38. The van der Waals surface area contributed by atoms with Gasteiger partial charge in [0.25, 0.3) is 5.91 Å². The van der Waals surface area contributed by atoms with Crippen molar-refractivity contribution in [3.63, 3.8) is 0 Å². The van der Waals surface area contributed by atoms with E-state index in [-0.39, 0.29) is 24.9 Å². The zero-order chi connectivity index (χ0) is 17.5. The molecule has 2 rings (SSSR count). The van der Waals surface area contributed by atoms with Gasteiger partial charge in [0.05, 0.1) is 33.4 Å². The van der Waals surface area contributed by atoms with E-state index in [0.717, 1.165) is 5.56 Å². The Bertz CT molecular complexity index is 677. The van der Waals surface area contributed by atoms with Crippen molar-refractivity contribution < 1.29 is 23.4 Å². The largest absolute Gasteiger partial charge is 0.496 e. The molecule has 0 fully saturated rings. The van der Waals surface area contributed by atoms with Crippen LogP contribution in [0.5, 0.6) is 17.2 Å². The second-order valence-corrected chi connectivity index (χ2v) is 5.02. The van der Waals surface area contributed by atoms with Gasteiger partial charge < -0.3 is 29.7 Å². The predicted octanol–water partition coefficient (Wildman–Crippen LogP) is 2.16. The van der Waals surface area contributed by atoms with E-state index in [9.17, 15) is 4.79 Å². The van der Waals surface area contributed by atoms with Crippen molar-refractivity contribution >= 4 is 18.3 Å². The summed E-state index contributed by atoms with van der Waals surface area (Å²) in [5, 5.41) is 2.83. The normalized spacial score (nSPS) is 9.92. The highest BCUT2D eigenvalue weighted by molar-refractivity contribution is 5.93. The molecule has 1 amide bonds. The third kappa shape index (κ3) is 5.04. The van der Waals surface area contributed by atoms with E-state index in [4.69, 9.17) is 24.4 Å². The minimum atomic E-state index is -0.218. The van der Waals surface area contributed by atoms with Crippen LogP contribution < -0.4 is 25.3 Å². The van der Waals surface area contributed by atoms with Crippen LogP contribution in [0.15, 0.2) is 28.9 Å². The van der Waals surface area contributed by atoms with E-state index in [1.54, 1.807) is 39.5 Å². The first-order valence-electron chi connectivity index (χ1n) is 7.47. The lowest BCUT2D eigenvalue weighted by molar-refractivity contribution is 0.0953. The van der Waals surface area contributed by atoms with Gasteiger partial charge in [-0.3, -0.25) is 4.79 Å². The molecule has 25 heavy (non-hydrogen) atoms. The van der Waals surface area contributed by atoms with Crippen LogP contribution in [0.1, 0.15) is 21.7 Å². The number of methoxy groups -OCH3 is 3. The number of rotatable bonds is 8. The SMILES string of the molecule is COc1cc(OC)c(CCNC(=O)c2coc(CN)c2)c(OC)c1.Cl. The lowest BCUT2D eigenvalue weighted by Crippen LogP contribution is -2.25. The fourth-order valence-electron chi connectivity index (χ4n) is 2.33. The first-order chi connectivity index (χ1) is 11.6. The molecule has 8 heteroatoms. The van der Waals surface area contributed by atoms with Crippen LogP contribution in [0.2, 0.25) is 0 Å². The molecule has 0 aliphatic heterocycles. The first-order valence-corrected chi connectivity index (χ1v) is 7.47. The Balaban J connectivity index is 0.00000312. The number of halogens is 1. The van der Waals surface area contributed by atoms with Crippen molar-refractivity contribution in [2.24, 2.45) is 5.73 Å². The molecule has 0 spiro atoms. The van der Waals surface area contributed by atoms with Crippen molar-refractivity contribution in [2.75, 3.05) is 27.9 Å². The molecule has 1 aromatic carbocycles. The topological polar surface area (TPSA) is 96.0 Å². The van der Waals surface area contributed by atoms with Crippen molar-refractivity contribution in [3.05, 3.63) is 41.3 Å². The lowest BCUT2D eigenvalue weighted by atomic mass is 10.1. The fourth-order valence-corrected chi connectivity index (χ4v) is 2.33. The van der Waals surface area contributed by atoms with Gasteiger partial charge in [0.2, 0.25) is 0 Å². The first kappa shape index (κ1) is 20.7. The summed E-state index contributed by atoms with van der Waals surface area (Å²) in [6, 6.07) is 5.19. The summed E-state index contributed by atoms with van der Waals surface area (Å²) in [7, 11) is 4.74. The summed E-state index contributed by atoms with van der Waals surface area (Å²) in [4.78, 5) is 12.1. The van der Waals surface area contributed by atoms with Gasteiger partial charge >= 0.3 is 0 Å². The van der Waals surface area contributed by atoms with Gasteiger partial charge in [-0.15, -0.1) is 12.4 Å². The van der Waals surface area contributed by atoms with Crippen molar-refractivity contribution in [3.8, 4) is 17.2 Å². The molecule has 0 aliphatic carbocycles. The number of carbonyl (C=O) groups excluding carboxylic acids is 1. The highest BCUT2D eigenvalue weighted by Crippen LogP contribution is 2.34. The number of benzene rings is 1. The molecule has 1 heterocycles. The summed E-state index contributed by atoms with van der Waals surface area (Å²) in [5.74, 6) is 2.29. The molecule has 138 valence electrons. The van der Waals surface area contributed by atoms with Crippen LogP contribution in [0.25, 0.3) is 0 Å². The highest BCUT2D eigenvalue weighted by atomic mass is 35.5. The summed E-state index contributed by atoms with van der Waals surface area (Å²) in [6.07, 6.45) is 1.94. The van der Waals surface area contributed by atoms with Crippen LogP contribution in [-0.2, 0) is 13.0 Å². The van der Waals surface area contributed by atoms with Gasteiger partial charge in [0.1, 0.15) is 29.3 Å². The molecule has 0 aliphatic rings. The van der Waals surface area contributed by atoms with Gasteiger partial charge in [-0.2, -0.15) is 0 Å². The number of amides is 1. The molecule has 3 N–H and O–H groups in total. The summed E-state index contributed by atoms with van der Waals surface area (Å²) in [6.45, 7) is 0.675. The molecule has 0 bridgehead atoms.